The number of carbonyl (C=O) groups excluding carboxylic acids is 1. The zero-order chi connectivity index (χ0) is 15.5. The third kappa shape index (κ3) is 3.22. The van der Waals surface area contributed by atoms with Crippen molar-refractivity contribution in [3.05, 3.63) is 47.8 Å². The average Bonchev–Trinajstić information content (AvgIpc) is 3.19. The van der Waals surface area contributed by atoms with E-state index < -0.39 is 0 Å². The summed E-state index contributed by atoms with van der Waals surface area (Å²) < 4.78 is 7.49. The first-order valence-corrected chi connectivity index (χ1v) is 7.62. The lowest BCUT2D eigenvalue weighted by Gasteiger charge is -2.00. The van der Waals surface area contributed by atoms with Gasteiger partial charge in [-0.3, -0.25) is 9.89 Å². The summed E-state index contributed by atoms with van der Waals surface area (Å²) in [5, 5.41) is 10.3. The van der Waals surface area contributed by atoms with Crippen molar-refractivity contribution in [2.24, 2.45) is 7.05 Å². The molecule has 0 fully saturated rings. The van der Waals surface area contributed by atoms with Gasteiger partial charge >= 0.3 is 0 Å². The molecule has 0 radical (unpaired) electrons. The first kappa shape index (κ1) is 14.5. The maximum absolute atomic E-state index is 12.0. The van der Waals surface area contributed by atoms with Crippen LogP contribution in [0.2, 0.25) is 0 Å². The molecule has 2 N–H and O–H groups in total. The van der Waals surface area contributed by atoms with Crippen LogP contribution in [-0.2, 0) is 12.8 Å². The molecule has 114 valence electrons. The molecule has 0 atom stereocenters. The summed E-state index contributed by atoms with van der Waals surface area (Å²) in [5.74, 6) is 1.75. The van der Waals surface area contributed by atoms with Crippen molar-refractivity contribution < 1.29 is 9.21 Å². The van der Waals surface area contributed by atoms with Crippen LogP contribution in [0.1, 0.15) is 22.0 Å². The molecule has 0 aliphatic heterocycles. The fourth-order valence-electron chi connectivity index (χ4n) is 1.86. The van der Waals surface area contributed by atoms with Gasteiger partial charge in [-0.2, -0.15) is 5.10 Å². The number of anilines is 1. The van der Waals surface area contributed by atoms with Crippen LogP contribution in [0.25, 0.3) is 0 Å². The van der Waals surface area contributed by atoms with E-state index in [2.05, 4.69) is 20.5 Å². The Morgan fingerprint density at radius 2 is 2.36 bits per heavy atom. The van der Waals surface area contributed by atoms with E-state index in [1.54, 1.807) is 36.2 Å². The molecule has 0 aliphatic rings. The van der Waals surface area contributed by atoms with E-state index in [0.29, 0.717) is 11.6 Å². The second-order valence-corrected chi connectivity index (χ2v) is 5.71. The number of amides is 1. The second kappa shape index (κ2) is 6.10. The summed E-state index contributed by atoms with van der Waals surface area (Å²) in [6.07, 6.45) is 3.63. The number of hydrogen-bond donors (Lipinski definition) is 2. The molecule has 0 aliphatic carbocycles. The van der Waals surface area contributed by atoms with Crippen LogP contribution in [0.3, 0.4) is 0 Å². The number of aromatic amines is 1. The Labute approximate surface area is 131 Å². The number of nitrogens with one attached hydrogen (secondary N) is 2. The van der Waals surface area contributed by atoms with Gasteiger partial charge in [0.15, 0.2) is 16.7 Å². The predicted molar refractivity (Wildman–Crippen MR) is 82.8 cm³/mol. The zero-order valence-corrected chi connectivity index (χ0v) is 13.0. The number of imidazole rings is 1. The minimum atomic E-state index is -0.320. The van der Waals surface area contributed by atoms with E-state index in [-0.39, 0.29) is 11.7 Å². The Bertz CT molecular complexity index is 789. The van der Waals surface area contributed by atoms with Crippen molar-refractivity contribution in [3.8, 4) is 0 Å². The van der Waals surface area contributed by atoms with Gasteiger partial charge in [-0.15, -0.1) is 0 Å². The molecular formula is C14H15N5O2S. The number of hydrogen-bond acceptors (Lipinski definition) is 5. The molecule has 1 amide bonds. The van der Waals surface area contributed by atoms with Crippen molar-refractivity contribution in [2.75, 3.05) is 5.32 Å². The largest absolute Gasteiger partial charge is 0.455 e. The molecule has 7 nitrogen and oxygen atoms in total. The van der Waals surface area contributed by atoms with Gasteiger partial charge in [0.1, 0.15) is 5.76 Å². The van der Waals surface area contributed by atoms with Crippen LogP contribution in [0.5, 0.6) is 0 Å². The van der Waals surface area contributed by atoms with Gasteiger partial charge in [0.05, 0.1) is 5.75 Å². The highest BCUT2D eigenvalue weighted by Crippen LogP contribution is 2.22. The number of carbonyl (C=O) groups is 1. The Morgan fingerprint density at radius 3 is 3.05 bits per heavy atom. The monoisotopic (exact) mass is 317 g/mol. The molecular weight excluding hydrogens is 302 g/mol. The minimum absolute atomic E-state index is 0.260. The molecule has 0 spiro atoms. The van der Waals surface area contributed by atoms with Crippen molar-refractivity contribution in [2.45, 2.75) is 17.8 Å². The van der Waals surface area contributed by atoms with Gasteiger partial charge in [-0.1, -0.05) is 11.8 Å². The molecule has 0 saturated carbocycles. The maximum atomic E-state index is 12.0. The topological polar surface area (TPSA) is 88.7 Å². The fraction of sp³-hybridized carbons (Fsp3) is 0.214. The summed E-state index contributed by atoms with van der Waals surface area (Å²) in [7, 11) is 1.93. The predicted octanol–water partition coefficient (Wildman–Crippen LogP) is 2.59. The van der Waals surface area contributed by atoms with E-state index in [0.717, 1.165) is 16.6 Å². The third-order valence-electron chi connectivity index (χ3n) is 2.95. The molecule has 0 aromatic carbocycles. The van der Waals surface area contributed by atoms with E-state index in [4.69, 9.17) is 4.42 Å². The summed E-state index contributed by atoms with van der Waals surface area (Å²) >= 11 is 1.55. The van der Waals surface area contributed by atoms with Crippen LogP contribution in [0.15, 0.2) is 40.2 Å². The molecule has 3 aromatic rings. The molecule has 3 heterocycles. The fourth-order valence-corrected chi connectivity index (χ4v) is 2.69. The van der Waals surface area contributed by atoms with E-state index in [1.807, 2.05) is 24.7 Å². The lowest BCUT2D eigenvalue weighted by Crippen LogP contribution is -2.11. The summed E-state index contributed by atoms with van der Waals surface area (Å²) in [6, 6.07) is 5.20. The standard InChI is InChI=1S/C14H15N5O2S/c1-9-7-12(18-17-9)16-13(20)11-4-3-10(21-11)8-22-14-15-5-6-19(14)2/h3-7H,8H2,1-2H3,(H2,16,17,18,20). The molecule has 0 bridgehead atoms. The molecule has 0 unspecified atom stereocenters. The highest BCUT2D eigenvalue weighted by molar-refractivity contribution is 7.98. The number of furan rings is 1. The van der Waals surface area contributed by atoms with Crippen LogP contribution >= 0.6 is 11.8 Å². The Hall–Kier alpha value is -2.48. The van der Waals surface area contributed by atoms with Gasteiger partial charge in [0.25, 0.3) is 5.91 Å². The van der Waals surface area contributed by atoms with Gasteiger partial charge in [0.2, 0.25) is 0 Å². The van der Waals surface area contributed by atoms with E-state index in [9.17, 15) is 4.79 Å². The third-order valence-corrected chi connectivity index (χ3v) is 4.03. The summed E-state index contributed by atoms with van der Waals surface area (Å²) in [6.45, 7) is 1.86. The highest BCUT2D eigenvalue weighted by atomic mass is 32.2. The number of thioether (sulfide) groups is 1. The minimum Gasteiger partial charge on any atom is -0.455 e. The Kier molecular flexibility index (Phi) is 4.01. The maximum Gasteiger partial charge on any atom is 0.292 e. The highest BCUT2D eigenvalue weighted by Gasteiger charge is 2.13. The SMILES string of the molecule is Cc1cc(NC(=O)c2ccc(CSc3nccn3C)o2)n[nH]1. The van der Waals surface area contributed by atoms with Gasteiger partial charge in [0, 0.05) is 31.2 Å². The van der Waals surface area contributed by atoms with Gasteiger partial charge < -0.3 is 14.3 Å². The molecule has 3 rings (SSSR count). The van der Waals surface area contributed by atoms with Crippen molar-refractivity contribution in [1.82, 2.24) is 19.7 Å². The number of nitrogens with zero attached hydrogens (tertiary/aromatic N) is 3. The second-order valence-electron chi connectivity index (χ2n) is 4.77. The van der Waals surface area contributed by atoms with Gasteiger partial charge in [-0.25, -0.2) is 4.98 Å². The Balaban J connectivity index is 1.60. The molecule has 22 heavy (non-hydrogen) atoms. The average molecular weight is 317 g/mol. The quantitative estimate of drug-likeness (QED) is 0.706. The van der Waals surface area contributed by atoms with Gasteiger partial charge in [-0.05, 0) is 19.1 Å². The van der Waals surface area contributed by atoms with Crippen molar-refractivity contribution in [3.63, 3.8) is 0 Å². The summed E-state index contributed by atoms with van der Waals surface area (Å²) in [5.41, 5.74) is 0.877. The van der Waals surface area contributed by atoms with Crippen LogP contribution in [-0.4, -0.2) is 25.7 Å². The van der Waals surface area contributed by atoms with Crippen molar-refractivity contribution in [1.29, 1.82) is 0 Å². The molecule has 3 aromatic heterocycles. The van der Waals surface area contributed by atoms with Crippen LogP contribution < -0.4 is 5.32 Å². The first-order valence-electron chi connectivity index (χ1n) is 6.64. The number of rotatable bonds is 5. The number of aryl methyl sites for hydroxylation is 2. The summed E-state index contributed by atoms with van der Waals surface area (Å²) in [4.78, 5) is 16.3. The van der Waals surface area contributed by atoms with Crippen molar-refractivity contribution >= 4 is 23.5 Å². The first-order chi connectivity index (χ1) is 10.6. The molecule has 0 saturated heterocycles. The smallest absolute Gasteiger partial charge is 0.292 e. The normalized spacial score (nSPS) is 10.8. The Morgan fingerprint density at radius 1 is 1.50 bits per heavy atom. The number of aromatic nitrogens is 4. The zero-order valence-electron chi connectivity index (χ0n) is 12.2. The van der Waals surface area contributed by atoms with E-state index in [1.165, 1.54) is 0 Å². The number of H-pyrrole nitrogens is 1. The lowest BCUT2D eigenvalue weighted by atomic mass is 10.4. The van der Waals surface area contributed by atoms with E-state index >= 15 is 0 Å². The van der Waals surface area contributed by atoms with Crippen LogP contribution in [0, 0.1) is 6.92 Å². The molecule has 8 heteroatoms. The lowest BCUT2D eigenvalue weighted by molar-refractivity contribution is 0.0995. The van der Waals surface area contributed by atoms with Crippen LogP contribution in [0.4, 0.5) is 5.82 Å².